The van der Waals surface area contributed by atoms with Gasteiger partial charge in [0.2, 0.25) is 17.7 Å². The summed E-state index contributed by atoms with van der Waals surface area (Å²) in [5.74, 6) is -3.54. The number of carboxylic acids is 1. The maximum atomic E-state index is 13.4. The number of hydrogen-bond donors (Lipinski definition) is 5. The zero-order valence-corrected chi connectivity index (χ0v) is 29.6. The Hall–Kier alpha value is -6.27. The first kappa shape index (κ1) is 40.2. The molecule has 0 spiro atoms. The SMILES string of the molecule is Cc1cn(CC(=O)N(CCNC(=O)OC(C)(C)C)CC(=O)Nc2ccccc2CN(C(=O)Cn2cc(C)c(=O)[nH]c2=O)[C@@H](C)C(=O)O)c(=O)[nH]c1=O. The fourth-order valence-corrected chi connectivity index (χ4v) is 4.75. The number of carboxylic acid groups (broad SMARTS) is 1. The number of rotatable bonds is 14. The van der Waals surface area contributed by atoms with E-state index in [1.54, 1.807) is 39.0 Å². The number of aryl methyl sites for hydroxylation is 2. The number of para-hydroxylation sites is 1. The van der Waals surface area contributed by atoms with Crippen LogP contribution in [-0.2, 0) is 43.5 Å². The van der Waals surface area contributed by atoms with Gasteiger partial charge in [0.05, 0.1) is 6.54 Å². The Morgan fingerprint density at radius 3 is 1.96 bits per heavy atom. The number of anilines is 1. The number of aromatic nitrogens is 4. The number of carbonyl (C=O) groups is 5. The lowest BCUT2D eigenvalue weighted by atomic mass is 10.1. The lowest BCUT2D eigenvalue weighted by Crippen LogP contribution is -2.46. The highest BCUT2D eigenvalue weighted by Gasteiger charge is 2.28. The van der Waals surface area contributed by atoms with E-state index in [9.17, 15) is 48.3 Å². The zero-order chi connectivity index (χ0) is 38.9. The van der Waals surface area contributed by atoms with Gasteiger partial charge >= 0.3 is 23.4 Å². The highest BCUT2D eigenvalue weighted by Crippen LogP contribution is 2.19. The molecule has 4 amide bonds. The fourth-order valence-electron chi connectivity index (χ4n) is 4.75. The van der Waals surface area contributed by atoms with Crippen molar-refractivity contribution >= 4 is 35.5 Å². The Labute approximate surface area is 296 Å². The summed E-state index contributed by atoms with van der Waals surface area (Å²) >= 11 is 0. The highest BCUT2D eigenvalue weighted by molar-refractivity contribution is 5.95. The summed E-state index contributed by atoms with van der Waals surface area (Å²) in [6.45, 7) is 6.81. The summed E-state index contributed by atoms with van der Waals surface area (Å²) in [7, 11) is 0. The van der Waals surface area contributed by atoms with Gasteiger partial charge in [-0.25, -0.2) is 19.2 Å². The molecule has 52 heavy (non-hydrogen) atoms. The van der Waals surface area contributed by atoms with Crippen LogP contribution in [0.1, 0.15) is 44.4 Å². The summed E-state index contributed by atoms with van der Waals surface area (Å²) in [5.41, 5.74) is -2.94. The number of nitrogens with one attached hydrogen (secondary N) is 4. The molecule has 1 atom stereocenters. The number of aromatic amines is 2. The molecule has 0 aliphatic carbocycles. The summed E-state index contributed by atoms with van der Waals surface area (Å²) < 4.78 is 7.13. The van der Waals surface area contributed by atoms with Crippen LogP contribution in [0, 0.1) is 13.8 Å². The average Bonchev–Trinajstić information content (AvgIpc) is 3.03. The third-order valence-corrected chi connectivity index (χ3v) is 7.50. The number of alkyl carbamates (subject to hydrolysis) is 1. The van der Waals surface area contributed by atoms with Crippen LogP contribution in [0.4, 0.5) is 10.5 Å². The van der Waals surface area contributed by atoms with E-state index in [1.165, 1.54) is 39.2 Å². The van der Waals surface area contributed by atoms with Gasteiger partial charge in [-0.05, 0) is 53.2 Å². The van der Waals surface area contributed by atoms with E-state index in [0.29, 0.717) is 5.56 Å². The molecule has 0 saturated heterocycles. The molecule has 1 aromatic carbocycles. The number of H-pyrrole nitrogens is 2. The van der Waals surface area contributed by atoms with Crippen molar-refractivity contribution in [1.82, 2.24) is 34.2 Å². The van der Waals surface area contributed by atoms with E-state index in [4.69, 9.17) is 4.74 Å². The Kier molecular flexibility index (Phi) is 13.2. The number of aliphatic carboxylic acids is 1. The number of ether oxygens (including phenoxy) is 1. The number of benzene rings is 1. The smallest absolute Gasteiger partial charge is 0.407 e. The summed E-state index contributed by atoms with van der Waals surface area (Å²) in [6.07, 6.45) is 1.62. The van der Waals surface area contributed by atoms with Gasteiger partial charge in [-0.2, -0.15) is 0 Å². The topological polar surface area (TPSA) is 255 Å². The van der Waals surface area contributed by atoms with E-state index in [0.717, 1.165) is 18.9 Å². The lowest BCUT2D eigenvalue weighted by Gasteiger charge is -2.28. The first-order valence-corrected chi connectivity index (χ1v) is 16.0. The van der Waals surface area contributed by atoms with Gasteiger partial charge < -0.3 is 30.3 Å². The Balaban J connectivity index is 1.84. The number of carbonyl (C=O) groups excluding carboxylic acids is 4. The molecule has 0 aliphatic heterocycles. The summed E-state index contributed by atoms with van der Waals surface area (Å²) in [6, 6.07) is 4.83. The Morgan fingerprint density at radius 1 is 0.885 bits per heavy atom. The third-order valence-electron chi connectivity index (χ3n) is 7.50. The standard InChI is InChI=1S/C33H42N8O11/c1-19-13-39(30(49)36-27(19)45)17-25(43)38(12-11-34-32(51)52-33(4,5)6)16-24(42)35-23-10-8-7-9-22(23)15-41(21(3)29(47)48)26(44)18-40-14-20(2)28(46)37-31(40)50/h7-10,13-14,21H,11-12,15-18H2,1-6H3,(H,34,51)(H,35,42)(H,47,48)(H,36,45,49)(H,37,46,50)/t21-/m0/s1. The second-order valence-electron chi connectivity index (χ2n) is 12.9. The zero-order valence-electron chi connectivity index (χ0n) is 29.6. The minimum absolute atomic E-state index is 0.133. The predicted molar refractivity (Wildman–Crippen MR) is 186 cm³/mol. The molecule has 280 valence electrons. The van der Waals surface area contributed by atoms with Gasteiger partial charge in [0, 0.05) is 48.8 Å². The summed E-state index contributed by atoms with van der Waals surface area (Å²) in [5, 5.41) is 14.9. The van der Waals surface area contributed by atoms with E-state index in [2.05, 4.69) is 20.6 Å². The molecule has 0 saturated carbocycles. The maximum Gasteiger partial charge on any atom is 0.407 e. The molecule has 0 fully saturated rings. The molecule has 2 aromatic heterocycles. The minimum Gasteiger partial charge on any atom is -0.480 e. The Bertz CT molecular complexity index is 2070. The molecule has 0 unspecified atom stereocenters. The number of amides is 4. The van der Waals surface area contributed by atoms with Gasteiger partial charge in [-0.15, -0.1) is 0 Å². The van der Waals surface area contributed by atoms with Crippen molar-refractivity contribution in [3.8, 4) is 0 Å². The first-order valence-electron chi connectivity index (χ1n) is 16.0. The quantitative estimate of drug-likeness (QED) is 0.142. The summed E-state index contributed by atoms with van der Waals surface area (Å²) in [4.78, 5) is 119. The van der Waals surface area contributed by atoms with Crippen LogP contribution in [0.2, 0.25) is 0 Å². The molecule has 2 heterocycles. The third kappa shape index (κ3) is 11.4. The van der Waals surface area contributed by atoms with E-state index in [1.807, 2.05) is 0 Å². The minimum atomic E-state index is -1.37. The molecular weight excluding hydrogens is 684 g/mol. The second-order valence-corrected chi connectivity index (χ2v) is 12.9. The average molecular weight is 727 g/mol. The van der Waals surface area contributed by atoms with Crippen LogP contribution in [0.5, 0.6) is 0 Å². The number of nitrogens with zero attached hydrogens (tertiary/aromatic N) is 4. The van der Waals surface area contributed by atoms with Crippen molar-refractivity contribution < 1.29 is 33.8 Å². The molecular formula is C33H42N8O11. The first-order chi connectivity index (χ1) is 24.2. The van der Waals surface area contributed by atoms with Gasteiger partial charge in [-0.3, -0.25) is 43.1 Å². The molecule has 19 heteroatoms. The van der Waals surface area contributed by atoms with Crippen LogP contribution < -0.4 is 33.1 Å². The molecule has 0 radical (unpaired) electrons. The maximum absolute atomic E-state index is 13.4. The van der Waals surface area contributed by atoms with Crippen LogP contribution in [0.3, 0.4) is 0 Å². The van der Waals surface area contributed by atoms with E-state index < -0.39 is 83.6 Å². The molecule has 0 bridgehead atoms. The molecule has 0 aliphatic rings. The largest absolute Gasteiger partial charge is 0.480 e. The molecule has 5 N–H and O–H groups in total. The second kappa shape index (κ2) is 17.1. The molecule has 19 nitrogen and oxygen atoms in total. The van der Waals surface area contributed by atoms with Gasteiger partial charge in [-0.1, -0.05) is 18.2 Å². The van der Waals surface area contributed by atoms with Crippen molar-refractivity contribution in [1.29, 1.82) is 0 Å². The van der Waals surface area contributed by atoms with Crippen molar-refractivity contribution in [2.24, 2.45) is 0 Å². The van der Waals surface area contributed by atoms with Crippen molar-refractivity contribution in [3.63, 3.8) is 0 Å². The highest BCUT2D eigenvalue weighted by atomic mass is 16.6. The Morgan fingerprint density at radius 2 is 1.42 bits per heavy atom. The van der Waals surface area contributed by atoms with Crippen molar-refractivity contribution in [3.05, 3.63) is 95.0 Å². The normalized spacial score (nSPS) is 11.7. The van der Waals surface area contributed by atoms with Crippen molar-refractivity contribution in [2.75, 3.05) is 25.0 Å². The van der Waals surface area contributed by atoms with Crippen molar-refractivity contribution in [2.45, 2.75) is 72.8 Å². The van der Waals surface area contributed by atoms with Crippen LogP contribution in [0.15, 0.2) is 55.8 Å². The number of hydrogen-bond acceptors (Lipinski definition) is 10. The van der Waals surface area contributed by atoms with Crippen LogP contribution in [-0.4, -0.2) is 95.1 Å². The van der Waals surface area contributed by atoms with Gasteiger partial charge in [0.25, 0.3) is 11.1 Å². The van der Waals surface area contributed by atoms with Crippen LogP contribution in [0.25, 0.3) is 0 Å². The fraction of sp³-hybridized carbons (Fsp3) is 0.424. The predicted octanol–water partition coefficient (Wildman–Crippen LogP) is -0.503. The van der Waals surface area contributed by atoms with Gasteiger partial charge in [0.15, 0.2) is 0 Å². The van der Waals surface area contributed by atoms with Crippen LogP contribution >= 0.6 is 0 Å². The van der Waals surface area contributed by atoms with E-state index >= 15 is 0 Å². The lowest BCUT2D eigenvalue weighted by molar-refractivity contribution is -0.150. The molecule has 3 rings (SSSR count). The molecule has 3 aromatic rings. The van der Waals surface area contributed by atoms with Gasteiger partial charge in [0.1, 0.15) is 24.7 Å². The van der Waals surface area contributed by atoms with E-state index in [-0.39, 0.29) is 36.4 Å². The monoisotopic (exact) mass is 726 g/mol.